The van der Waals surface area contributed by atoms with Crippen LogP contribution in [-0.4, -0.2) is 148 Å². The zero-order valence-corrected chi connectivity index (χ0v) is 51.3. The molecule has 7 N–H and O–H groups in total. The van der Waals surface area contributed by atoms with E-state index in [9.17, 15) is 32.1 Å². The van der Waals surface area contributed by atoms with E-state index < -0.39 is 25.0 Å². The van der Waals surface area contributed by atoms with E-state index in [0.29, 0.717) is 92.0 Å². The first-order valence-electron chi connectivity index (χ1n) is 31.2. The highest BCUT2D eigenvalue weighted by Gasteiger charge is 2.44. The van der Waals surface area contributed by atoms with Gasteiger partial charge in [0.25, 0.3) is 10.1 Å². The Labute approximate surface area is 502 Å². The fourth-order valence-corrected chi connectivity index (χ4v) is 20.2. The maximum Gasteiger partial charge on any atom is 0.315 e. The molecule has 4 saturated heterocycles. The molecule has 0 aliphatic carbocycles. The van der Waals surface area contributed by atoms with Gasteiger partial charge in [-0.15, -0.1) is 0 Å². The molecule has 9 aliphatic heterocycles. The lowest BCUT2D eigenvalue weighted by molar-refractivity contribution is -0.122. The fourth-order valence-electron chi connectivity index (χ4n) is 14.7. The number of unbranched alkanes of at least 4 members (excludes halogenated alkanes) is 6. The minimum atomic E-state index is -5.02. The Bertz CT molecular complexity index is 3360. The van der Waals surface area contributed by atoms with Crippen LogP contribution in [0.15, 0.2) is 40.1 Å². The van der Waals surface area contributed by atoms with Crippen molar-refractivity contribution in [2.24, 2.45) is 0 Å². The summed E-state index contributed by atoms with van der Waals surface area (Å²) in [5, 5.41) is 20.7. The molecular weight excluding hydrogens is 1150 g/mol. The van der Waals surface area contributed by atoms with E-state index >= 15 is 8.42 Å². The predicted molar refractivity (Wildman–Crippen MR) is 327 cm³/mol. The topological polar surface area (TPSA) is 248 Å². The Morgan fingerprint density at radius 3 is 1.89 bits per heavy atom. The zero-order chi connectivity index (χ0) is 58.1. The maximum atomic E-state index is 15.1. The number of amides is 6. The summed E-state index contributed by atoms with van der Waals surface area (Å²) < 4.78 is 80.5. The van der Waals surface area contributed by atoms with Crippen molar-refractivity contribution in [3.8, 4) is 11.5 Å². The summed E-state index contributed by atoms with van der Waals surface area (Å²) in [5.74, 6) is 3.19. The Balaban J connectivity index is 0.744. The maximum absolute atomic E-state index is 15.1. The van der Waals surface area contributed by atoms with Gasteiger partial charge in [-0.1, -0.05) is 31.7 Å². The molecule has 19 nitrogen and oxygen atoms in total. The van der Waals surface area contributed by atoms with E-state index in [1.807, 2.05) is 23.5 Å². The number of sulfonamides is 1. The molecule has 23 heteroatoms. The zero-order valence-electron chi connectivity index (χ0n) is 48.1. The van der Waals surface area contributed by atoms with E-state index in [1.54, 1.807) is 6.07 Å². The highest BCUT2D eigenvalue weighted by molar-refractivity contribution is 8.00. The van der Waals surface area contributed by atoms with Crippen molar-refractivity contribution in [2.75, 3.05) is 68.8 Å². The SMILES string of the molecule is O=C(CCCC[C@@H]1SC[C@@H]2NC(=O)N[C@@H]21)NCCCCCN(CCCCCNC(=O)CCCC[C@@H]1SC[C@@H]2NC(=O)N[C@@H]21)S(=O)(=O)c1ccc(C2=c3cc4c5c(c3Oc3c2cc2c6c3CCCN6CCC2)CCC[N+]=5CCC4)c(S(=O)(=O)O)c1. The van der Waals surface area contributed by atoms with E-state index in [-0.39, 0.29) is 71.6 Å². The minimum Gasteiger partial charge on any atom is -0.455 e. The molecule has 3 aromatic carbocycles. The summed E-state index contributed by atoms with van der Waals surface area (Å²) in [4.78, 5) is 51.0. The molecule has 9 heterocycles. The highest BCUT2D eigenvalue weighted by Crippen LogP contribution is 2.49. The van der Waals surface area contributed by atoms with Crippen LogP contribution in [-0.2, 0) is 55.4 Å². The van der Waals surface area contributed by atoms with Crippen molar-refractivity contribution >= 4 is 78.8 Å². The van der Waals surface area contributed by atoms with Gasteiger partial charge in [-0.3, -0.25) is 14.1 Å². The third-order valence-electron chi connectivity index (χ3n) is 18.8. The molecule has 0 unspecified atom stereocenters. The van der Waals surface area contributed by atoms with Crippen molar-refractivity contribution in [2.45, 2.75) is 186 Å². The summed E-state index contributed by atoms with van der Waals surface area (Å²) in [6.45, 7) is 5.07. The Hall–Kier alpha value is -5.07. The molecule has 3 aromatic rings. The summed E-state index contributed by atoms with van der Waals surface area (Å²) in [5.41, 5.74) is 7.44. The molecule has 84 heavy (non-hydrogen) atoms. The van der Waals surface area contributed by atoms with Gasteiger partial charge >= 0.3 is 12.1 Å². The van der Waals surface area contributed by atoms with Gasteiger partial charge < -0.3 is 41.5 Å². The molecule has 12 rings (SSSR count). The van der Waals surface area contributed by atoms with Crippen molar-refractivity contribution in [3.63, 3.8) is 0 Å². The number of urea groups is 2. The van der Waals surface area contributed by atoms with Crippen LogP contribution in [0.5, 0.6) is 11.5 Å². The average molecular weight is 1230 g/mol. The second-order valence-electron chi connectivity index (χ2n) is 24.4. The van der Waals surface area contributed by atoms with Gasteiger partial charge in [-0.25, -0.2) is 22.6 Å². The summed E-state index contributed by atoms with van der Waals surface area (Å²) >= 11 is 3.73. The number of nitrogens with one attached hydrogen (secondary N) is 6. The third kappa shape index (κ3) is 12.6. The number of carbonyl (C=O) groups is 4. The minimum absolute atomic E-state index is 0.0240. The number of rotatable bonds is 26. The van der Waals surface area contributed by atoms with Crippen LogP contribution in [0.1, 0.15) is 149 Å². The van der Waals surface area contributed by atoms with Crippen LogP contribution < -0.4 is 56.7 Å². The Morgan fingerprint density at radius 1 is 0.667 bits per heavy atom. The number of fused-ring (bicyclic) bond motifs is 6. The second kappa shape index (κ2) is 25.7. The predicted octanol–water partition coefficient (Wildman–Crippen LogP) is 5.38. The van der Waals surface area contributed by atoms with Crippen LogP contribution in [0, 0.1) is 0 Å². The summed E-state index contributed by atoms with van der Waals surface area (Å²) in [6.07, 6.45) is 16.8. The monoisotopic (exact) mass is 1230 g/mol. The lowest BCUT2D eigenvalue weighted by Crippen LogP contribution is -2.45. The van der Waals surface area contributed by atoms with E-state index in [0.717, 1.165) is 156 Å². The number of anilines is 1. The van der Waals surface area contributed by atoms with Crippen molar-refractivity contribution < 1.29 is 45.3 Å². The Morgan fingerprint density at radius 2 is 1.26 bits per heavy atom. The summed E-state index contributed by atoms with van der Waals surface area (Å²) in [6, 6.07) is 8.95. The lowest BCUT2D eigenvalue weighted by Gasteiger charge is -2.39. The number of carbonyl (C=O) groups excluding carboxylic acids is 4. The largest absolute Gasteiger partial charge is 0.455 e. The molecule has 9 aliphatic rings. The van der Waals surface area contributed by atoms with Gasteiger partial charge in [0, 0.05) is 126 Å². The van der Waals surface area contributed by atoms with Crippen LogP contribution in [0.25, 0.3) is 5.57 Å². The van der Waals surface area contributed by atoms with Crippen LogP contribution in [0.3, 0.4) is 0 Å². The molecule has 0 aromatic heterocycles. The fraction of sp³-hybridized carbons (Fsp3) is 0.623. The normalized spacial score (nSPS) is 23.5. The molecule has 0 spiro atoms. The molecular formula is C61H82N9O10S4+. The number of hydrogen-bond donors (Lipinski definition) is 7. The molecule has 454 valence electrons. The van der Waals surface area contributed by atoms with Crippen LogP contribution >= 0.6 is 23.5 Å². The first kappa shape index (κ1) is 59.3. The van der Waals surface area contributed by atoms with Gasteiger partial charge in [0.15, 0.2) is 0 Å². The van der Waals surface area contributed by atoms with Gasteiger partial charge in [0.2, 0.25) is 27.2 Å². The number of aryl methyl sites for hydroxylation is 2. The highest BCUT2D eigenvalue weighted by atomic mass is 32.2. The van der Waals surface area contributed by atoms with Crippen LogP contribution in [0.4, 0.5) is 15.3 Å². The molecule has 0 radical (unpaired) electrons. The van der Waals surface area contributed by atoms with E-state index in [1.165, 1.54) is 32.5 Å². The van der Waals surface area contributed by atoms with Crippen molar-refractivity contribution in [1.29, 1.82) is 0 Å². The molecule has 0 bridgehead atoms. The third-order valence-corrected chi connectivity index (χ3v) is 24.6. The second-order valence-corrected chi connectivity index (χ2v) is 30.3. The molecule has 0 saturated carbocycles. The van der Waals surface area contributed by atoms with Gasteiger partial charge in [0.1, 0.15) is 29.5 Å². The van der Waals surface area contributed by atoms with Crippen LogP contribution in [0.2, 0.25) is 0 Å². The molecule has 6 atom stereocenters. The molecule has 4 fully saturated rings. The number of ether oxygens (including phenoxy) is 1. The quantitative estimate of drug-likeness (QED) is 0.0181. The summed E-state index contributed by atoms with van der Waals surface area (Å²) in [7, 11) is -9.36. The average Bonchev–Trinajstić information content (AvgIpc) is 1.05. The number of hydrogen-bond acceptors (Lipinski definition) is 12. The van der Waals surface area contributed by atoms with Gasteiger partial charge in [-0.2, -0.15) is 36.2 Å². The van der Waals surface area contributed by atoms with Crippen molar-refractivity contribution in [3.05, 3.63) is 74.3 Å². The number of benzene rings is 3. The molecule has 6 amide bonds. The Kier molecular flexibility index (Phi) is 18.1. The standard InChI is InChI=1S/C61H81N9O10S4/c71-51(21-5-3-19-48-54-46(36-81-48)64-60(73)66-54)62-25-7-1-9-31-70(32-10-2-8-26-63-52(72)22-6-4-20-49-55-47(37-82-49)65-61(74)67-55)83(75,76)40-23-24-41(50(35-40)84(77,78)79)53-44-33-38-15-11-27-68-29-13-17-42(56(38)68)58(44)80-59-43-18-14-30-69-28-12-16-39(57(43)69)34-45(53)59/h23-24,33-35,46-49,54-55H,1-22,25-32,36-37H2,(H6-,62,63,64,65,66,67,71,72,73,74,77,78,79)/p+1/t46-,47-,48-,49-,54-,55-/m0/s1. The first-order chi connectivity index (χ1) is 40.7. The lowest BCUT2D eigenvalue weighted by atomic mass is 9.82. The van der Waals surface area contributed by atoms with E-state index in [4.69, 9.17) is 4.74 Å². The smallest absolute Gasteiger partial charge is 0.315 e. The number of nitrogens with zero attached hydrogens (tertiary/aromatic N) is 3. The van der Waals surface area contributed by atoms with Gasteiger partial charge in [0.05, 0.1) is 34.6 Å². The van der Waals surface area contributed by atoms with Crippen molar-refractivity contribution in [1.82, 2.24) is 40.8 Å². The van der Waals surface area contributed by atoms with E-state index in [2.05, 4.69) is 53.5 Å². The van der Waals surface area contributed by atoms with Gasteiger partial charge in [-0.05, 0) is 120 Å². The number of thioether (sulfide) groups is 2. The first-order valence-corrected chi connectivity index (χ1v) is 36.1.